The van der Waals surface area contributed by atoms with Gasteiger partial charge in [0.25, 0.3) is 0 Å². The topological polar surface area (TPSA) is 79.0 Å². The molecule has 1 amide bonds. The molecule has 0 aliphatic carbocycles. The summed E-state index contributed by atoms with van der Waals surface area (Å²) in [6.07, 6.45) is 4.50. The monoisotopic (exact) mass is 411 g/mol. The van der Waals surface area contributed by atoms with Crippen LogP contribution in [0.2, 0.25) is 0 Å². The molecule has 158 valence electrons. The van der Waals surface area contributed by atoms with Crippen LogP contribution in [0.4, 0.5) is 0 Å². The smallest absolute Gasteiger partial charge is 0.243 e. The average molecular weight is 412 g/mol. The van der Waals surface area contributed by atoms with E-state index in [1.165, 1.54) is 0 Å². The summed E-state index contributed by atoms with van der Waals surface area (Å²) in [6.45, 7) is 2.69. The maximum Gasteiger partial charge on any atom is 0.243 e. The molecular formula is C20H33N3O4S. The molecule has 0 bridgehead atoms. The van der Waals surface area contributed by atoms with Crippen molar-refractivity contribution in [3.05, 3.63) is 23.8 Å². The second-order valence-electron chi connectivity index (χ2n) is 7.45. The van der Waals surface area contributed by atoms with Crippen LogP contribution in [0.25, 0.3) is 0 Å². The predicted molar refractivity (Wildman–Crippen MR) is 110 cm³/mol. The van der Waals surface area contributed by atoms with Crippen LogP contribution >= 0.6 is 0 Å². The highest BCUT2D eigenvalue weighted by atomic mass is 32.2. The number of piperidine rings is 1. The zero-order valence-corrected chi connectivity index (χ0v) is 18.1. The van der Waals surface area contributed by atoms with Crippen LogP contribution in [-0.2, 0) is 21.2 Å². The fraction of sp³-hybridized carbons (Fsp3) is 0.650. The number of aryl methyl sites for hydroxylation is 1. The number of rotatable bonds is 10. The summed E-state index contributed by atoms with van der Waals surface area (Å²) < 4.78 is 32.7. The molecule has 28 heavy (non-hydrogen) atoms. The second-order valence-corrected chi connectivity index (χ2v) is 9.38. The van der Waals surface area contributed by atoms with Crippen molar-refractivity contribution in [2.45, 2.75) is 43.4 Å². The number of amides is 1. The maximum atomic E-state index is 12.9. The number of nitrogens with zero attached hydrogens (tertiary/aromatic N) is 2. The number of sulfonamides is 1. The van der Waals surface area contributed by atoms with Crippen molar-refractivity contribution in [1.29, 1.82) is 0 Å². The van der Waals surface area contributed by atoms with E-state index in [9.17, 15) is 13.2 Å². The number of hydrogen-bond acceptors (Lipinski definition) is 5. The van der Waals surface area contributed by atoms with E-state index in [1.807, 2.05) is 14.1 Å². The minimum atomic E-state index is -3.50. The van der Waals surface area contributed by atoms with E-state index in [4.69, 9.17) is 4.74 Å². The van der Waals surface area contributed by atoms with Gasteiger partial charge in [-0.05, 0) is 70.1 Å². The van der Waals surface area contributed by atoms with E-state index >= 15 is 0 Å². The molecule has 1 saturated heterocycles. The van der Waals surface area contributed by atoms with Gasteiger partial charge in [-0.1, -0.05) is 6.42 Å². The first-order chi connectivity index (χ1) is 13.3. The Morgan fingerprint density at radius 1 is 1.21 bits per heavy atom. The van der Waals surface area contributed by atoms with Gasteiger partial charge < -0.3 is 15.0 Å². The molecule has 0 aromatic heterocycles. The lowest BCUT2D eigenvalue weighted by Crippen LogP contribution is -2.35. The quantitative estimate of drug-likeness (QED) is 0.595. The van der Waals surface area contributed by atoms with Crippen molar-refractivity contribution in [1.82, 2.24) is 14.5 Å². The van der Waals surface area contributed by atoms with Gasteiger partial charge in [0.15, 0.2) is 0 Å². The van der Waals surface area contributed by atoms with Crippen molar-refractivity contribution in [2.24, 2.45) is 0 Å². The lowest BCUT2D eigenvalue weighted by Gasteiger charge is -2.26. The number of nitrogens with one attached hydrogen (secondary N) is 1. The highest BCUT2D eigenvalue weighted by Crippen LogP contribution is 2.27. The van der Waals surface area contributed by atoms with Crippen molar-refractivity contribution in [3.63, 3.8) is 0 Å². The summed E-state index contributed by atoms with van der Waals surface area (Å²) in [4.78, 5) is 14.4. The van der Waals surface area contributed by atoms with Crippen LogP contribution in [0.3, 0.4) is 0 Å². The Balaban J connectivity index is 2.01. The minimum absolute atomic E-state index is 0.0369. The van der Waals surface area contributed by atoms with Gasteiger partial charge in [0.1, 0.15) is 5.75 Å². The molecule has 0 radical (unpaired) electrons. The van der Waals surface area contributed by atoms with Gasteiger partial charge in [-0.25, -0.2) is 8.42 Å². The van der Waals surface area contributed by atoms with E-state index in [0.717, 1.165) is 37.8 Å². The first kappa shape index (κ1) is 22.6. The van der Waals surface area contributed by atoms with Gasteiger partial charge in [-0.15, -0.1) is 0 Å². The van der Waals surface area contributed by atoms with E-state index < -0.39 is 10.0 Å². The molecule has 0 saturated carbocycles. The van der Waals surface area contributed by atoms with Crippen LogP contribution in [0.15, 0.2) is 23.1 Å². The molecule has 2 rings (SSSR count). The van der Waals surface area contributed by atoms with Gasteiger partial charge in [0, 0.05) is 26.1 Å². The third-order valence-corrected chi connectivity index (χ3v) is 6.82. The van der Waals surface area contributed by atoms with Gasteiger partial charge in [-0.2, -0.15) is 4.31 Å². The number of methoxy groups -OCH3 is 1. The fourth-order valence-corrected chi connectivity index (χ4v) is 4.89. The number of carbonyl (C=O) groups excluding carboxylic acids is 1. The molecule has 1 fully saturated rings. The number of ether oxygens (including phenoxy) is 1. The summed E-state index contributed by atoms with van der Waals surface area (Å²) in [7, 11) is 2.05. The maximum absolute atomic E-state index is 12.9. The summed E-state index contributed by atoms with van der Waals surface area (Å²) in [5.74, 6) is 0.572. The van der Waals surface area contributed by atoms with Gasteiger partial charge in [-0.3, -0.25) is 4.79 Å². The van der Waals surface area contributed by atoms with Crippen LogP contribution in [0, 0.1) is 0 Å². The summed E-state index contributed by atoms with van der Waals surface area (Å²) in [5.41, 5.74) is 0.740. The Bertz CT molecular complexity index is 744. The average Bonchev–Trinajstić information content (AvgIpc) is 2.70. The Labute approximate surface area is 169 Å². The molecule has 0 atom stereocenters. The lowest BCUT2D eigenvalue weighted by molar-refractivity contribution is -0.121. The van der Waals surface area contributed by atoms with E-state index in [2.05, 4.69) is 10.2 Å². The van der Waals surface area contributed by atoms with Crippen LogP contribution in [0.1, 0.15) is 37.7 Å². The third kappa shape index (κ3) is 6.46. The molecular weight excluding hydrogens is 378 g/mol. The standard InChI is InChI=1S/C20H33N3O4S/c1-22(2)13-7-12-21-20(24)11-8-17-16-18(9-10-19(17)27-3)28(25,26)23-14-5-4-6-15-23/h9-10,16H,4-8,11-15H2,1-3H3,(H,21,24). The van der Waals surface area contributed by atoms with Gasteiger partial charge in [0.05, 0.1) is 12.0 Å². The number of carbonyl (C=O) groups is 1. The zero-order valence-electron chi connectivity index (χ0n) is 17.2. The molecule has 7 nitrogen and oxygen atoms in total. The highest BCUT2D eigenvalue weighted by Gasteiger charge is 2.26. The largest absolute Gasteiger partial charge is 0.496 e. The third-order valence-electron chi connectivity index (χ3n) is 4.93. The first-order valence-corrected chi connectivity index (χ1v) is 11.4. The fourth-order valence-electron chi connectivity index (χ4n) is 3.32. The van der Waals surface area contributed by atoms with Gasteiger partial charge in [0.2, 0.25) is 15.9 Å². The van der Waals surface area contributed by atoms with E-state index in [0.29, 0.717) is 38.2 Å². The molecule has 1 aliphatic heterocycles. The minimum Gasteiger partial charge on any atom is -0.496 e. The number of benzene rings is 1. The normalized spacial score (nSPS) is 15.6. The van der Waals surface area contributed by atoms with E-state index in [1.54, 1.807) is 29.6 Å². The summed E-state index contributed by atoms with van der Waals surface area (Å²) in [6, 6.07) is 4.93. The van der Waals surface area contributed by atoms with Crippen molar-refractivity contribution >= 4 is 15.9 Å². The molecule has 0 unspecified atom stereocenters. The highest BCUT2D eigenvalue weighted by molar-refractivity contribution is 7.89. The molecule has 0 spiro atoms. The number of hydrogen-bond donors (Lipinski definition) is 1. The van der Waals surface area contributed by atoms with Crippen molar-refractivity contribution < 1.29 is 17.9 Å². The molecule has 1 aliphatic rings. The van der Waals surface area contributed by atoms with Crippen molar-refractivity contribution in [2.75, 3.05) is 47.4 Å². The van der Waals surface area contributed by atoms with Crippen LogP contribution in [-0.4, -0.2) is 70.9 Å². The zero-order chi connectivity index (χ0) is 20.6. The first-order valence-electron chi connectivity index (χ1n) is 9.93. The van der Waals surface area contributed by atoms with Gasteiger partial charge >= 0.3 is 0 Å². The van der Waals surface area contributed by atoms with Crippen LogP contribution in [0.5, 0.6) is 5.75 Å². The molecule has 1 aromatic rings. The second kappa shape index (κ2) is 10.8. The molecule has 1 aromatic carbocycles. The van der Waals surface area contributed by atoms with E-state index in [-0.39, 0.29) is 10.8 Å². The molecule has 1 heterocycles. The Morgan fingerprint density at radius 3 is 2.57 bits per heavy atom. The Kier molecular flexibility index (Phi) is 8.72. The molecule has 8 heteroatoms. The Morgan fingerprint density at radius 2 is 1.93 bits per heavy atom. The SMILES string of the molecule is COc1ccc(S(=O)(=O)N2CCCCC2)cc1CCC(=O)NCCCN(C)C. The Hall–Kier alpha value is -1.64. The molecule has 1 N–H and O–H groups in total. The van der Waals surface area contributed by atoms with Crippen LogP contribution < -0.4 is 10.1 Å². The summed E-state index contributed by atoms with van der Waals surface area (Å²) >= 11 is 0. The lowest BCUT2D eigenvalue weighted by atomic mass is 10.1. The van der Waals surface area contributed by atoms with Crippen molar-refractivity contribution in [3.8, 4) is 5.75 Å². The summed E-state index contributed by atoms with van der Waals surface area (Å²) in [5, 5.41) is 2.91. The predicted octanol–water partition coefficient (Wildman–Crippen LogP) is 1.87.